The van der Waals surface area contributed by atoms with Gasteiger partial charge in [-0.3, -0.25) is 4.79 Å². The van der Waals surface area contributed by atoms with Gasteiger partial charge in [0.15, 0.2) is 0 Å². The summed E-state index contributed by atoms with van der Waals surface area (Å²) in [7, 11) is 0. The molecule has 0 bridgehead atoms. The average molecular weight is 345 g/mol. The van der Waals surface area contributed by atoms with Crippen LogP contribution < -0.4 is 5.32 Å². The maximum absolute atomic E-state index is 12.2. The fourth-order valence-electron chi connectivity index (χ4n) is 2.73. The van der Waals surface area contributed by atoms with Crippen molar-refractivity contribution in [1.29, 1.82) is 0 Å². The van der Waals surface area contributed by atoms with E-state index in [2.05, 4.69) is 5.32 Å². The van der Waals surface area contributed by atoms with Gasteiger partial charge in [-0.15, -0.1) is 0 Å². The smallest absolute Gasteiger partial charge is 0.326 e. The Labute approximate surface area is 152 Å². The van der Waals surface area contributed by atoms with Gasteiger partial charge in [-0.05, 0) is 28.8 Å². The van der Waals surface area contributed by atoms with Crippen molar-refractivity contribution in [3.05, 3.63) is 96.1 Å². The summed E-state index contributed by atoms with van der Waals surface area (Å²) in [6.07, 6.45) is 0.225. The van der Waals surface area contributed by atoms with E-state index in [0.717, 1.165) is 16.7 Å². The van der Waals surface area contributed by atoms with E-state index >= 15 is 0 Å². The second-order valence-electron chi connectivity index (χ2n) is 6.00. The average Bonchev–Trinajstić information content (AvgIpc) is 2.69. The lowest BCUT2D eigenvalue weighted by Gasteiger charge is -2.15. The van der Waals surface area contributed by atoms with Gasteiger partial charge in [0.25, 0.3) is 5.91 Å². The van der Waals surface area contributed by atoms with Gasteiger partial charge >= 0.3 is 5.97 Å². The number of hydrogen-bond donors (Lipinski definition) is 2. The normalized spacial score (nSPS) is 11.5. The molecule has 3 rings (SSSR count). The maximum Gasteiger partial charge on any atom is 0.326 e. The number of aliphatic carboxylic acids is 1. The zero-order valence-corrected chi connectivity index (χ0v) is 14.1. The first-order valence-corrected chi connectivity index (χ1v) is 8.36. The first-order chi connectivity index (χ1) is 12.6. The van der Waals surface area contributed by atoms with E-state index in [1.807, 2.05) is 54.6 Å². The Kier molecular flexibility index (Phi) is 5.44. The predicted molar refractivity (Wildman–Crippen MR) is 101 cm³/mol. The van der Waals surface area contributed by atoms with Crippen molar-refractivity contribution in [2.75, 3.05) is 0 Å². The Bertz CT molecular complexity index is 874. The molecule has 130 valence electrons. The van der Waals surface area contributed by atoms with E-state index in [9.17, 15) is 14.7 Å². The molecule has 0 aromatic heterocycles. The van der Waals surface area contributed by atoms with Gasteiger partial charge < -0.3 is 10.4 Å². The fraction of sp³-hybridized carbons (Fsp3) is 0.0909. The number of rotatable bonds is 6. The first kappa shape index (κ1) is 17.4. The van der Waals surface area contributed by atoms with Gasteiger partial charge in [0, 0.05) is 12.0 Å². The number of carboxylic acid groups (broad SMARTS) is 1. The molecule has 0 heterocycles. The highest BCUT2D eigenvalue weighted by atomic mass is 16.4. The molecule has 0 aliphatic rings. The van der Waals surface area contributed by atoms with Crippen molar-refractivity contribution in [2.45, 2.75) is 12.5 Å². The molecule has 4 nitrogen and oxygen atoms in total. The van der Waals surface area contributed by atoms with Crippen LogP contribution in [-0.4, -0.2) is 23.0 Å². The summed E-state index contributed by atoms with van der Waals surface area (Å²) < 4.78 is 0. The molecule has 3 aromatic carbocycles. The third-order valence-electron chi connectivity index (χ3n) is 4.14. The lowest BCUT2D eigenvalue weighted by atomic mass is 10.0. The lowest BCUT2D eigenvalue weighted by molar-refractivity contribution is -0.139. The Hall–Kier alpha value is -3.40. The van der Waals surface area contributed by atoms with Crippen LogP contribution in [0, 0.1) is 0 Å². The number of carbonyl (C=O) groups excluding carboxylic acids is 1. The Morgan fingerprint density at radius 3 is 1.88 bits per heavy atom. The minimum atomic E-state index is -1.05. The van der Waals surface area contributed by atoms with E-state index < -0.39 is 12.0 Å². The first-order valence-electron chi connectivity index (χ1n) is 8.36. The maximum atomic E-state index is 12.2. The molecule has 1 atom stereocenters. The van der Waals surface area contributed by atoms with Gasteiger partial charge in [-0.2, -0.15) is 0 Å². The summed E-state index contributed by atoms with van der Waals surface area (Å²) in [4.78, 5) is 23.8. The summed E-state index contributed by atoms with van der Waals surface area (Å²) in [6, 6.07) is 25.3. The molecule has 0 aliphatic heterocycles. The Balaban J connectivity index is 1.70. The molecule has 26 heavy (non-hydrogen) atoms. The van der Waals surface area contributed by atoms with E-state index in [4.69, 9.17) is 0 Å². The van der Waals surface area contributed by atoms with Crippen LogP contribution in [0.5, 0.6) is 0 Å². The van der Waals surface area contributed by atoms with Crippen molar-refractivity contribution in [2.24, 2.45) is 0 Å². The molecule has 0 fully saturated rings. The zero-order chi connectivity index (χ0) is 18.4. The molecule has 0 unspecified atom stereocenters. The van der Waals surface area contributed by atoms with Crippen molar-refractivity contribution >= 4 is 11.9 Å². The van der Waals surface area contributed by atoms with E-state index in [0.29, 0.717) is 5.56 Å². The SMILES string of the molecule is O=C(N[C@@H](Cc1ccc(-c2ccccc2)cc1)C(=O)O)c1ccccc1. The molecule has 4 heteroatoms. The third-order valence-corrected chi connectivity index (χ3v) is 4.14. The topological polar surface area (TPSA) is 66.4 Å². The highest BCUT2D eigenvalue weighted by Gasteiger charge is 2.21. The van der Waals surface area contributed by atoms with Crippen LogP contribution in [0.15, 0.2) is 84.9 Å². The number of carbonyl (C=O) groups is 2. The Morgan fingerprint density at radius 1 is 0.769 bits per heavy atom. The van der Waals surface area contributed by atoms with Gasteiger partial charge in [-0.1, -0.05) is 72.8 Å². The van der Waals surface area contributed by atoms with Crippen molar-refractivity contribution in [3.63, 3.8) is 0 Å². The van der Waals surface area contributed by atoms with Crippen LogP contribution in [0.2, 0.25) is 0 Å². The minimum Gasteiger partial charge on any atom is -0.480 e. The standard InChI is InChI=1S/C22H19NO3/c24-21(19-9-5-2-6-10-19)23-20(22(25)26)15-16-11-13-18(14-12-16)17-7-3-1-4-8-17/h1-14,20H,15H2,(H,23,24)(H,25,26)/t20-/m0/s1. The summed E-state index contributed by atoms with van der Waals surface area (Å²) in [6.45, 7) is 0. The van der Waals surface area contributed by atoms with Crippen LogP contribution in [0.4, 0.5) is 0 Å². The number of hydrogen-bond acceptors (Lipinski definition) is 2. The molecule has 0 radical (unpaired) electrons. The second-order valence-corrected chi connectivity index (χ2v) is 6.00. The minimum absolute atomic E-state index is 0.225. The molecular weight excluding hydrogens is 326 g/mol. The van der Waals surface area contributed by atoms with Crippen LogP contribution in [0.25, 0.3) is 11.1 Å². The Morgan fingerprint density at radius 2 is 1.31 bits per heavy atom. The summed E-state index contributed by atoms with van der Waals surface area (Å²) in [5.74, 6) is -1.44. The van der Waals surface area contributed by atoms with Crippen LogP contribution in [-0.2, 0) is 11.2 Å². The van der Waals surface area contributed by atoms with Gasteiger partial charge in [-0.25, -0.2) is 4.79 Å². The lowest BCUT2D eigenvalue weighted by Crippen LogP contribution is -2.42. The molecular formula is C22H19NO3. The summed E-state index contributed by atoms with van der Waals surface area (Å²) in [5.41, 5.74) is 3.46. The van der Waals surface area contributed by atoms with Gasteiger partial charge in [0.1, 0.15) is 6.04 Å². The number of benzene rings is 3. The number of nitrogens with one attached hydrogen (secondary N) is 1. The number of carboxylic acids is 1. The van der Waals surface area contributed by atoms with Gasteiger partial charge in [0.2, 0.25) is 0 Å². The highest BCUT2D eigenvalue weighted by Crippen LogP contribution is 2.19. The third kappa shape index (κ3) is 4.36. The molecule has 3 aromatic rings. The van der Waals surface area contributed by atoms with Crippen LogP contribution in [0.3, 0.4) is 0 Å². The fourth-order valence-corrected chi connectivity index (χ4v) is 2.73. The predicted octanol–water partition coefficient (Wildman–Crippen LogP) is 3.78. The van der Waals surface area contributed by atoms with E-state index in [-0.39, 0.29) is 12.3 Å². The molecule has 1 amide bonds. The second kappa shape index (κ2) is 8.12. The molecule has 0 saturated carbocycles. The largest absolute Gasteiger partial charge is 0.480 e. The van der Waals surface area contributed by atoms with Crippen LogP contribution in [0.1, 0.15) is 15.9 Å². The van der Waals surface area contributed by atoms with Gasteiger partial charge in [0.05, 0.1) is 0 Å². The van der Waals surface area contributed by atoms with E-state index in [1.54, 1.807) is 30.3 Å². The highest BCUT2D eigenvalue weighted by molar-refractivity contribution is 5.96. The molecule has 0 spiro atoms. The van der Waals surface area contributed by atoms with Crippen LogP contribution >= 0.6 is 0 Å². The quantitative estimate of drug-likeness (QED) is 0.714. The summed E-state index contributed by atoms with van der Waals surface area (Å²) >= 11 is 0. The number of amides is 1. The molecule has 2 N–H and O–H groups in total. The zero-order valence-electron chi connectivity index (χ0n) is 14.1. The molecule has 0 saturated heterocycles. The van der Waals surface area contributed by atoms with E-state index in [1.165, 1.54) is 0 Å². The van der Waals surface area contributed by atoms with Crippen molar-refractivity contribution in [1.82, 2.24) is 5.32 Å². The van der Waals surface area contributed by atoms with Crippen molar-refractivity contribution < 1.29 is 14.7 Å². The monoisotopic (exact) mass is 345 g/mol. The summed E-state index contributed by atoms with van der Waals surface area (Å²) in [5, 5.41) is 12.0. The van der Waals surface area contributed by atoms with Crippen molar-refractivity contribution in [3.8, 4) is 11.1 Å². The molecule has 0 aliphatic carbocycles.